The largest absolute Gasteiger partial charge is 0.307 e. The Labute approximate surface area is 187 Å². The Balaban J connectivity index is 1.79. The smallest absolute Gasteiger partial charge is 0.271 e. The lowest BCUT2D eigenvalue weighted by Crippen LogP contribution is -2.27. The minimum Gasteiger partial charge on any atom is -0.307 e. The zero-order chi connectivity index (χ0) is 23.0. The van der Waals surface area contributed by atoms with Gasteiger partial charge in [-0.1, -0.05) is 26.8 Å². The van der Waals surface area contributed by atoms with E-state index >= 15 is 0 Å². The third-order valence-corrected chi connectivity index (χ3v) is 7.29. The summed E-state index contributed by atoms with van der Waals surface area (Å²) in [5.74, 6) is 0.323. The fourth-order valence-electron chi connectivity index (χ4n) is 2.85. The number of carbonyl (C=O) groups excluding carboxylic acids is 1. The highest BCUT2D eigenvalue weighted by molar-refractivity contribution is 7.94. The molecule has 2 N–H and O–H groups in total. The molecule has 1 aromatic carbocycles. The molecule has 0 unspecified atom stereocenters. The highest BCUT2D eigenvalue weighted by Gasteiger charge is 2.26. The first-order valence-corrected chi connectivity index (χ1v) is 12.2. The maximum absolute atomic E-state index is 12.8. The second kappa shape index (κ2) is 8.12. The summed E-state index contributed by atoms with van der Waals surface area (Å²) in [7, 11) is -3.63. The maximum atomic E-state index is 12.8. The second-order valence-corrected chi connectivity index (χ2v) is 12.2. The van der Waals surface area contributed by atoms with Crippen molar-refractivity contribution in [2.45, 2.75) is 56.7 Å². The molecule has 2 aromatic heterocycles. The molecule has 166 valence electrons. The number of thiophene rings is 1. The van der Waals surface area contributed by atoms with E-state index in [0.717, 1.165) is 17.0 Å². The minimum atomic E-state index is -3.63. The van der Waals surface area contributed by atoms with Gasteiger partial charge in [0, 0.05) is 22.7 Å². The summed E-state index contributed by atoms with van der Waals surface area (Å²) in [5, 5.41) is 9.35. The van der Waals surface area contributed by atoms with E-state index in [0.29, 0.717) is 17.1 Å². The number of nitrogens with one attached hydrogen (secondary N) is 2. The summed E-state index contributed by atoms with van der Waals surface area (Å²) in [6.07, 6.45) is 0. The number of nitrogens with zero attached hydrogens (tertiary/aromatic N) is 2. The lowest BCUT2D eigenvalue weighted by Gasteiger charge is -2.23. The summed E-state index contributed by atoms with van der Waals surface area (Å²) in [5.41, 5.74) is 1.22. The Morgan fingerprint density at radius 2 is 1.68 bits per heavy atom. The van der Waals surface area contributed by atoms with Crippen LogP contribution in [0.1, 0.15) is 57.6 Å². The molecule has 0 bridgehead atoms. The molecule has 0 spiro atoms. The van der Waals surface area contributed by atoms with E-state index in [1.807, 2.05) is 31.5 Å². The zero-order valence-corrected chi connectivity index (χ0v) is 20.2. The normalized spacial score (nSPS) is 12.6. The molecule has 9 heteroatoms. The molecule has 0 atom stereocenters. The van der Waals surface area contributed by atoms with Crippen LogP contribution in [0.5, 0.6) is 0 Å². The average molecular weight is 461 g/mol. The lowest BCUT2D eigenvalue weighted by molar-refractivity contribution is 0.102. The van der Waals surface area contributed by atoms with Gasteiger partial charge in [-0.3, -0.25) is 9.52 Å². The third kappa shape index (κ3) is 5.34. The molecule has 31 heavy (non-hydrogen) atoms. The standard InChI is InChI=1S/C22H28N4O3S2/c1-21(2,3)17-14-18(26(24-17)22(4,5)6)23-20(27)15-9-11-16(12-10-15)25-31(28,29)19-8-7-13-30-19/h7-14,25H,1-6H3,(H,23,27). The van der Waals surface area contributed by atoms with Crippen LogP contribution < -0.4 is 10.0 Å². The van der Waals surface area contributed by atoms with Gasteiger partial charge in [0.2, 0.25) is 0 Å². The van der Waals surface area contributed by atoms with Crippen molar-refractivity contribution in [3.05, 3.63) is 59.1 Å². The number of sulfonamides is 1. The Kier molecular flexibility index (Phi) is 6.03. The molecule has 3 rings (SSSR count). The van der Waals surface area contributed by atoms with Gasteiger partial charge in [-0.05, 0) is 56.5 Å². The number of carbonyl (C=O) groups is 1. The van der Waals surface area contributed by atoms with Crippen molar-refractivity contribution >= 4 is 38.8 Å². The molecule has 0 aliphatic carbocycles. The fourth-order valence-corrected chi connectivity index (χ4v) is 4.90. The molecule has 1 amide bonds. The zero-order valence-electron chi connectivity index (χ0n) is 18.6. The Morgan fingerprint density at radius 1 is 1.03 bits per heavy atom. The van der Waals surface area contributed by atoms with Crippen LogP contribution in [-0.2, 0) is 21.0 Å². The predicted molar refractivity (Wildman–Crippen MR) is 125 cm³/mol. The topological polar surface area (TPSA) is 93.1 Å². The molecule has 0 radical (unpaired) electrons. The second-order valence-electron chi connectivity index (χ2n) is 9.32. The van der Waals surface area contributed by atoms with Crippen LogP contribution in [-0.4, -0.2) is 24.1 Å². The first-order valence-electron chi connectivity index (χ1n) is 9.86. The first-order chi connectivity index (χ1) is 14.3. The molecule has 2 heterocycles. The van der Waals surface area contributed by atoms with Crippen LogP contribution in [0.3, 0.4) is 0 Å². The van der Waals surface area contributed by atoms with Crippen LogP contribution >= 0.6 is 11.3 Å². The highest BCUT2D eigenvalue weighted by Crippen LogP contribution is 2.28. The fraction of sp³-hybridized carbons (Fsp3) is 0.364. The number of hydrogen-bond acceptors (Lipinski definition) is 5. The van der Waals surface area contributed by atoms with Crippen LogP contribution in [0.25, 0.3) is 0 Å². The number of hydrogen-bond donors (Lipinski definition) is 2. The average Bonchev–Trinajstić information content (AvgIpc) is 3.31. The number of benzene rings is 1. The Hall–Kier alpha value is -2.65. The van der Waals surface area contributed by atoms with E-state index in [9.17, 15) is 13.2 Å². The molecular formula is C22H28N4O3S2. The number of aromatic nitrogens is 2. The Bertz CT molecular complexity index is 1170. The summed E-state index contributed by atoms with van der Waals surface area (Å²) in [6.45, 7) is 12.3. The third-order valence-electron chi connectivity index (χ3n) is 4.51. The van der Waals surface area contributed by atoms with Gasteiger partial charge in [0.15, 0.2) is 0 Å². The quantitative estimate of drug-likeness (QED) is 0.557. The number of anilines is 2. The molecule has 0 fully saturated rings. The maximum Gasteiger partial charge on any atom is 0.271 e. The monoisotopic (exact) mass is 460 g/mol. The SMILES string of the molecule is CC(C)(C)c1cc(NC(=O)c2ccc(NS(=O)(=O)c3cccs3)cc2)n(C(C)(C)C)n1. The van der Waals surface area contributed by atoms with Gasteiger partial charge in [0.1, 0.15) is 10.0 Å². The van der Waals surface area contributed by atoms with Crippen LogP contribution in [0.2, 0.25) is 0 Å². The summed E-state index contributed by atoms with van der Waals surface area (Å²) >= 11 is 1.14. The molecule has 0 saturated heterocycles. The van der Waals surface area contributed by atoms with Crippen molar-refractivity contribution in [3.8, 4) is 0 Å². The molecule has 0 saturated carbocycles. The van der Waals surface area contributed by atoms with Crippen LogP contribution in [0, 0.1) is 0 Å². The van der Waals surface area contributed by atoms with Crippen molar-refractivity contribution < 1.29 is 13.2 Å². The predicted octanol–water partition coefficient (Wildman–Crippen LogP) is 5.05. The summed E-state index contributed by atoms with van der Waals surface area (Å²) < 4.78 is 29.3. The van der Waals surface area contributed by atoms with E-state index in [2.05, 4.69) is 30.8 Å². The molecule has 0 aliphatic rings. The van der Waals surface area contributed by atoms with Crippen molar-refractivity contribution in [2.75, 3.05) is 10.0 Å². The van der Waals surface area contributed by atoms with E-state index < -0.39 is 10.0 Å². The first kappa shape index (κ1) is 23.0. The summed E-state index contributed by atoms with van der Waals surface area (Å²) in [6, 6.07) is 11.4. The van der Waals surface area contributed by atoms with Gasteiger partial charge in [-0.2, -0.15) is 5.10 Å². The van der Waals surface area contributed by atoms with Crippen molar-refractivity contribution in [1.82, 2.24) is 9.78 Å². The van der Waals surface area contributed by atoms with E-state index in [1.54, 1.807) is 41.8 Å². The van der Waals surface area contributed by atoms with Crippen molar-refractivity contribution in [3.63, 3.8) is 0 Å². The minimum absolute atomic E-state index is 0.155. The van der Waals surface area contributed by atoms with Gasteiger partial charge in [0.05, 0.1) is 11.2 Å². The van der Waals surface area contributed by atoms with Crippen LogP contribution in [0.15, 0.2) is 52.1 Å². The van der Waals surface area contributed by atoms with E-state index in [1.165, 1.54) is 0 Å². The molecule has 7 nitrogen and oxygen atoms in total. The number of amides is 1. The lowest BCUT2D eigenvalue weighted by atomic mass is 9.92. The molecule has 3 aromatic rings. The highest BCUT2D eigenvalue weighted by atomic mass is 32.2. The van der Waals surface area contributed by atoms with Gasteiger partial charge < -0.3 is 5.32 Å². The van der Waals surface area contributed by atoms with Gasteiger partial charge in [0.25, 0.3) is 15.9 Å². The van der Waals surface area contributed by atoms with E-state index in [4.69, 9.17) is 5.10 Å². The molecular weight excluding hydrogens is 432 g/mol. The van der Waals surface area contributed by atoms with Gasteiger partial charge >= 0.3 is 0 Å². The summed E-state index contributed by atoms with van der Waals surface area (Å²) in [4.78, 5) is 12.8. The Morgan fingerprint density at radius 3 is 2.19 bits per heavy atom. The van der Waals surface area contributed by atoms with E-state index in [-0.39, 0.29) is 21.1 Å². The van der Waals surface area contributed by atoms with Gasteiger partial charge in [-0.25, -0.2) is 13.1 Å². The van der Waals surface area contributed by atoms with Gasteiger partial charge in [-0.15, -0.1) is 11.3 Å². The molecule has 0 aliphatic heterocycles. The van der Waals surface area contributed by atoms with Crippen LogP contribution in [0.4, 0.5) is 11.5 Å². The van der Waals surface area contributed by atoms with Crippen molar-refractivity contribution in [2.24, 2.45) is 0 Å². The van der Waals surface area contributed by atoms with Crippen molar-refractivity contribution in [1.29, 1.82) is 0 Å². The number of rotatable bonds is 5.